The van der Waals surface area contributed by atoms with Crippen LogP contribution in [0, 0.1) is 0 Å². The van der Waals surface area contributed by atoms with Crippen molar-refractivity contribution in [2.75, 3.05) is 0 Å². The SMILES string of the molecule is [K+].[K+].[O-][B]O[B][O-]. The van der Waals surface area contributed by atoms with Crippen LogP contribution >= 0.6 is 0 Å². The second kappa shape index (κ2) is 16.1. The van der Waals surface area contributed by atoms with Gasteiger partial charge in [0.1, 0.15) is 15.4 Å². The predicted molar refractivity (Wildman–Crippen MR) is 12.6 cm³/mol. The van der Waals surface area contributed by atoms with E-state index in [1.165, 1.54) is 0 Å². The molecule has 0 bridgehead atoms. The fourth-order valence-electron chi connectivity index (χ4n) is 0.0227. The van der Waals surface area contributed by atoms with Crippen molar-refractivity contribution < 1.29 is 117 Å². The average molecular weight is 148 g/mol. The van der Waals surface area contributed by atoms with E-state index in [0.717, 1.165) is 0 Å². The van der Waals surface area contributed by atoms with E-state index >= 15 is 0 Å². The Morgan fingerprint density at radius 1 is 1.00 bits per heavy atom. The molecule has 2 radical (unpaired) electrons. The predicted octanol–water partition coefficient (Wildman–Crippen LogP) is -9.20. The van der Waals surface area contributed by atoms with E-state index in [9.17, 15) is 0 Å². The summed E-state index contributed by atoms with van der Waals surface area (Å²) in [5.74, 6) is 0. The molecule has 0 aromatic carbocycles. The quantitative estimate of drug-likeness (QED) is 0.365. The molecule has 0 rings (SSSR count). The van der Waals surface area contributed by atoms with Crippen molar-refractivity contribution in [1.82, 2.24) is 0 Å². The molecule has 0 spiro atoms. The zero-order chi connectivity index (χ0) is 4.12. The van der Waals surface area contributed by atoms with Crippen LogP contribution in [0.15, 0.2) is 0 Å². The summed E-state index contributed by atoms with van der Waals surface area (Å²) in [6.45, 7) is 0. The molecular weight excluding hydrogens is 148 g/mol. The summed E-state index contributed by atoms with van der Waals surface area (Å²) in [5, 5.41) is 17.9. The largest absolute Gasteiger partial charge is 1.00 e. The molecule has 0 aliphatic carbocycles. The Hall–Kier alpha value is 3.28. The summed E-state index contributed by atoms with van der Waals surface area (Å²) in [5.41, 5.74) is 0. The summed E-state index contributed by atoms with van der Waals surface area (Å²) in [6, 6.07) is 0. The minimum Gasteiger partial charge on any atom is -0.863 e. The summed E-state index contributed by atoms with van der Waals surface area (Å²) >= 11 is 0. The summed E-state index contributed by atoms with van der Waals surface area (Å²) in [4.78, 5) is 0. The second-order valence-electron chi connectivity index (χ2n) is 0.329. The van der Waals surface area contributed by atoms with Gasteiger partial charge >= 0.3 is 103 Å². The zero-order valence-electron chi connectivity index (χ0n) is 4.38. The molecule has 0 aromatic rings. The van der Waals surface area contributed by atoms with Gasteiger partial charge in [0.25, 0.3) is 0 Å². The Morgan fingerprint density at radius 2 is 1.29 bits per heavy atom. The van der Waals surface area contributed by atoms with Gasteiger partial charge in [-0.3, -0.25) is 0 Å². The number of hydrogen-bond acceptors (Lipinski definition) is 3. The third-order valence-corrected chi connectivity index (χ3v) is 0.111. The van der Waals surface area contributed by atoms with Crippen LogP contribution in [0.1, 0.15) is 0 Å². The van der Waals surface area contributed by atoms with E-state index in [-0.39, 0.29) is 118 Å². The molecule has 0 amide bonds. The maximum Gasteiger partial charge on any atom is 1.00 e. The zero-order valence-corrected chi connectivity index (χ0v) is 10.6. The average Bonchev–Trinajstić information content (AvgIpc) is 1.41. The molecule has 26 valence electrons. The van der Waals surface area contributed by atoms with Crippen molar-refractivity contribution in [1.29, 1.82) is 0 Å². The van der Waals surface area contributed by atoms with Crippen molar-refractivity contribution in [2.45, 2.75) is 0 Å². The third kappa shape index (κ3) is 17.6. The summed E-state index contributed by atoms with van der Waals surface area (Å²) < 4.78 is 3.47. The van der Waals surface area contributed by atoms with Gasteiger partial charge in [-0.15, -0.1) is 0 Å². The Balaban J connectivity index is -0.0000000800. The van der Waals surface area contributed by atoms with Crippen LogP contribution in [0.5, 0.6) is 0 Å². The summed E-state index contributed by atoms with van der Waals surface area (Å²) in [6.07, 6.45) is 0. The molecule has 0 saturated carbocycles. The number of hydrogen-bond donors (Lipinski definition) is 0. The minimum absolute atomic E-state index is 0. The molecule has 0 atom stereocenters. The van der Waals surface area contributed by atoms with Crippen molar-refractivity contribution in [3.8, 4) is 0 Å². The molecule has 7 heteroatoms. The van der Waals surface area contributed by atoms with Gasteiger partial charge in [-0.25, -0.2) is 0 Å². The minimum atomic E-state index is 0. The van der Waals surface area contributed by atoms with Gasteiger partial charge in [0.05, 0.1) is 0 Å². The maximum atomic E-state index is 8.95. The molecule has 0 heterocycles. The van der Waals surface area contributed by atoms with Crippen molar-refractivity contribution in [3.05, 3.63) is 0 Å². The molecule has 3 nitrogen and oxygen atoms in total. The Kier molecular flexibility index (Phi) is 38.5. The molecule has 0 saturated heterocycles. The monoisotopic (exact) mass is 148 g/mol. The van der Waals surface area contributed by atoms with Gasteiger partial charge in [0.15, 0.2) is 0 Å². The molecule has 0 unspecified atom stereocenters. The smallest absolute Gasteiger partial charge is 0.863 e. The van der Waals surface area contributed by atoms with Crippen molar-refractivity contribution in [3.63, 3.8) is 0 Å². The molecule has 0 fully saturated rings. The van der Waals surface area contributed by atoms with E-state index in [0.29, 0.717) is 0 Å². The van der Waals surface area contributed by atoms with Gasteiger partial charge in [0.2, 0.25) is 0 Å². The first-order valence-corrected chi connectivity index (χ1v) is 0.943. The Morgan fingerprint density at radius 3 is 1.29 bits per heavy atom. The topological polar surface area (TPSA) is 55.3 Å². The van der Waals surface area contributed by atoms with Crippen molar-refractivity contribution >= 4 is 15.4 Å². The molecule has 0 N–H and O–H groups in total. The molecule has 7 heavy (non-hydrogen) atoms. The molecule has 0 aliphatic heterocycles. The molecular formula is B2K2O3. The molecule has 0 aromatic heterocycles. The van der Waals surface area contributed by atoms with Gasteiger partial charge < -0.3 is 14.6 Å². The maximum absolute atomic E-state index is 8.95. The standard InChI is InChI=1S/B2O3.2K/c3-1-5-2-4;;/q-2;2*+1. The van der Waals surface area contributed by atoms with Crippen LogP contribution in [0.4, 0.5) is 0 Å². The second-order valence-corrected chi connectivity index (χ2v) is 0.329. The normalized spacial score (nSPS) is 4.86. The Labute approximate surface area is 129 Å². The van der Waals surface area contributed by atoms with Crippen molar-refractivity contribution in [2.24, 2.45) is 0 Å². The van der Waals surface area contributed by atoms with E-state index in [2.05, 4.69) is 4.57 Å². The van der Waals surface area contributed by atoms with Gasteiger partial charge in [-0.2, -0.15) is 0 Å². The Bertz CT molecular complexity index is 18.4. The van der Waals surface area contributed by atoms with Crippen LogP contribution in [0.25, 0.3) is 0 Å². The van der Waals surface area contributed by atoms with E-state index in [1.54, 1.807) is 0 Å². The third-order valence-electron chi connectivity index (χ3n) is 0.111. The first-order valence-electron chi connectivity index (χ1n) is 0.943. The van der Waals surface area contributed by atoms with Crippen LogP contribution in [-0.4, -0.2) is 15.4 Å². The fourth-order valence-corrected chi connectivity index (χ4v) is 0.0227. The van der Waals surface area contributed by atoms with Crippen LogP contribution < -0.4 is 113 Å². The van der Waals surface area contributed by atoms with E-state index in [4.69, 9.17) is 10.0 Å². The fraction of sp³-hybridized carbons (Fsp3) is 0. The first-order chi connectivity index (χ1) is 2.41. The summed E-state index contributed by atoms with van der Waals surface area (Å²) in [7, 11) is 0.125. The van der Waals surface area contributed by atoms with Gasteiger partial charge in [-0.05, 0) is 0 Å². The van der Waals surface area contributed by atoms with Crippen LogP contribution in [0.3, 0.4) is 0 Å². The number of rotatable bonds is 2. The van der Waals surface area contributed by atoms with Crippen LogP contribution in [-0.2, 0) is 4.57 Å². The molecule has 0 aliphatic rings. The van der Waals surface area contributed by atoms with E-state index < -0.39 is 0 Å². The van der Waals surface area contributed by atoms with Crippen LogP contribution in [0.2, 0.25) is 0 Å². The van der Waals surface area contributed by atoms with E-state index in [1.807, 2.05) is 0 Å². The van der Waals surface area contributed by atoms with Gasteiger partial charge in [0, 0.05) is 0 Å². The van der Waals surface area contributed by atoms with Gasteiger partial charge in [-0.1, -0.05) is 0 Å². The first kappa shape index (κ1) is 16.7.